The second-order valence-electron chi connectivity index (χ2n) is 5.67. The van der Waals surface area contributed by atoms with Gasteiger partial charge in [-0.2, -0.15) is 0 Å². The molecule has 2 fully saturated rings. The molecule has 1 aromatic rings. The van der Waals surface area contributed by atoms with Crippen molar-refractivity contribution in [2.75, 3.05) is 6.61 Å². The van der Waals surface area contributed by atoms with Gasteiger partial charge in [0.2, 0.25) is 0 Å². The Balaban J connectivity index is 1.54. The van der Waals surface area contributed by atoms with E-state index in [0.29, 0.717) is 18.2 Å². The summed E-state index contributed by atoms with van der Waals surface area (Å²) in [6.07, 6.45) is 6.33. The van der Waals surface area contributed by atoms with Crippen molar-refractivity contribution in [3.63, 3.8) is 0 Å². The van der Waals surface area contributed by atoms with E-state index in [1.54, 1.807) is 0 Å². The molecule has 3 heteroatoms. The molecular formula is C16H23NO2. The predicted molar refractivity (Wildman–Crippen MR) is 75.8 cm³/mol. The maximum atomic E-state index is 6.10. The normalized spacial score (nSPS) is 29.2. The highest BCUT2D eigenvalue weighted by Crippen LogP contribution is 2.30. The lowest BCUT2D eigenvalue weighted by molar-refractivity contribution is 0.137. The summed E-state index contributed by atoms with van der Waals surface area (Å²) in [5.74, 6) is 1.90. The molecule has 2 saturated heterocycles. The van der Waals surface area contributed by atoms with Crippen LogP contribution in [0.5, 0.6) is 11.5 Å². The van der Waals surface area contributed by atoms with Gasteiger partial charge in [-0.15, -0.1) is 0 Å². The minimum absolute atomic E-state index is 0.376. The van der Waals surface area contributed by atoms with Gasteiger partial charge in [-0.05, 0) is 56.4 Å². The number of hydrogen-bond acceptors (Lipinski definition) is 3. The lowest BCUT2D eigenvalue weighted by atomic mass is 10.0. The van der Waals surface area contributed by atoms with Crippen molar-refractivity contribution >= 4 is 0 Å². The van der Waals surface area contributed by atoms with E-state index >= 15 is 0 Å². The Bertz CT molecular complexity index is 392. The fraction of sp³-hybridized carbons (Fsp3) is 0.625. The van der Waals surface area contributed by atoms with E-state index < -0.39 is 0 Å². The summed E-state index contributed by atoms with van der Waals surface area (Å²) < 4.78 is 11.7. The van der Waals surface area contributed by atoms with Crippen molar-refractivity contribution < 1.29 is 9.47 Å². The van der Waals surface area contributed by atoms with Gasteiger partial charge < -0.3 is 14.8 Å². The molecule has 0 aliphatic carbocycles. The Morgan fingerprint density at radius 2 is 1.68 bits per heavy atom. The van der Waals surface area contributed by atoms with Crippen molar-refractivity contribution in [2.45, 2.75) is 57.2 Å². The van der Waals surface area contributed by atoms with Crippen LogP contribution in [0.15, 0.2) is 24.3 Å². The van der Waals surface area contributed by atoms with Gasteiger partial charge in [0.1, 0.15) is 17.6 Å². The zero-order chi connectivity index (χ0) is 13.1. The molecule has 0 spiro atoms. The summed E-state index contributed by atoms with van der Waals surface area (Å²) >= 11 is 0. The van der Waals surface area contributed by atoms with Gasteiger partial charge in [0.15, 0.2) is 0 Å². The van der Waals surface area contributed by atoms with Crippen LogP contribution in [0.25, 0.3) is 0 Å². The van der Waals surface area contributed by atoms with Crippen LogP contribution in [0.2, 0.25) is 0 Å². The molecule has 1 N–H and O–H groups in total. The molecule has 0 saturated carbocycles. The average Bonchev–Trinajstić information content (AvgIpc) is 2.77. The molecule has 104 valence electrons. The van der Waals surface area contributed by atoms with Crippen LogP contribution < -0.4 is 14.8 Å². The van der Waals surface area contributed by atoms with Crippen molar-refractivity contribution in [1.82, 2.24) is 5.32 Å². The predicted octanol–water partition coefficient (Wildman–Crippen LogP) is 3.14. The molecule has 19 heavy (non-hydrogen) atoms. The molecule has 0 radical (unpaired) electrons. The third kappa shape index (κ3) is 3.21. The van der Waals surface area contributed by atoms with Crippen LogP contribution in [-0.4, -0.2) is 24.8 Å². The first-order valence-corrected chi connectivity index (χ1v) is 7.49. The highest BCUT2D eigenvalue weighted by atomic mass is 16.5. The van der Waals surface area contributed by atoms with E-state index in [9.17, 15) is 0 Å². The molecule has 3 nitrogen and oxygen atoms in total. The summed E-state index contributed by atoms with van der Waals surface area (Å²) in [7, 11) is 0. The molecule has 2 bridgehead atoms. The zero-order valence-electron chi connectivity index (χ0n) is 11.6. The van der Waals surface area contributed by atoms with Crippen molar-refractivity contribution in [1.29, 1.82) is 0 Å². The fourth-order valence-electron chi connectivity index (χ4n) is 3.13. The smallest absolute Gasteiger partial charge is 0.119 e. The summed E-state index contributed by atoms with van der Waals surface area (Å²) in [6, 6.07) is 9.40. The molecule has 3 rings (SSSR count). The quantitative estimate of drug-likeness (QED) is 0.883. The molecule has 1 aromatic carbocycles. The minimum atomic E-state index is 0.376. The van der Waals surface area contributed by atoms with Gasteiger partial charge in [0.05, 0.1) is 6.61 Å². The third-order valence-electron chi connectivity index (χ3n) is 4.03. The Morgan fingerprint density at radius 3 is 2.32 bits per heavy atom. The van der Waals surface area contributed by atoms with Gasteiger partial charge in [-0.25, -0.2) is 0 Å². The highest BCUT2D eigenvalue weighted by Gasteiger charge is 2.34. The molecule has 3 atom stereocenters. The van der Waals surface area contributed by atoms with Crippen molar-refractivity contribution in [3.8, 4) is 11.5 Å². The summed E-state index contributed by atoms with van der Waals surface area (Å²) in [5, 5.41) is 3.64. The molecule has 0 amide bonds. The van der Waals surface area contributed by atoms with Gasteiger partial charge in [0.25, 0.3) is 0 Å². The van der Waals surface area contributed by atoms with Crippen LogP contribution >= 0.6 is 0 Å². The van der Waals surface area contributed by atoms with Crippen molar-refractivity contribution in [3.05, 3.63) is 24.3 Å². The van der Waals surface area contributed by atoms with E-state index in [-0.39, 0.29) is 0 Å². The lowest BCUT2D eigenvalue weighted by Gasteiger charge is -2.29. The summed E-state index contributed by atoms with van der Waals surface area (Å²) in [5.41, 5.74) is 0. The van der Waals surface area contributed by atoms with E-state index in [2.05, 4.69) is 12.2 Å². The third-order valence-corrected chi connectivity index (χ3v) is 4.03. The number of piperidine rings is 1. The molecule has 2 heterocycles. The van der Waals surface area contributed by atoms with Crippen LogP contribution in [0.3, 0.4) is 0 Å². The Morgan fingerprint density at radius 1 is 1.05 bits per heavy atom. The maximum absolute atomic E-state index is 6.10. The molecular weight excluding hydrogens is 238 g/mol. The zero-order valence-corrected chi connectivity index (χ0v) is 11.6. The first-order chi connectivity index (χ1) is 9.33. The average molecular weight is 261 g/mol. The SMILES string of the molecule is CCCOc1ccc(OC2C[C@H]3CC[C@@H](C2)N3)cc1. The monoisotopic (exact) mass is 261 g/mol. The van der Waals surface area contributed by atoms with Crippen LogP contribution in [0.4, 0.5) is 0 Å². The fourth-order valence-corrected chi connectivity index (χ4v) is 3.13. The van der Waals surface area contributed by atoms with E-state index in [1.807, 2.05) is 24.3 Å². The van der Waals surface area contributed by atoms with Gasteiger partial charge in [-0.1, -0.05) is 6.92 Å². The Hall–Kier alpha value is -1.22. The lowest BCUT2D eigenvalue weighted by Crippen LogP contribution is -2.42. The topological polar surface area (TPSA) is 30.5 Å². The molecule has 1 unspecified atom stereocenters. The summed E-state index contributed by atoms with van der Waals surface area (Å²) in [6.45, 7) is 2.89. The number of benzene rings is 1. The number of rotatable bonds is 5. The van der Waals surface area contributed by atoms with Gasteiger partial charge in [-0.3, -0.25) is 0 Å². The highest BCUT2D eigenvalue weighted by molar-refractivity contribution is 5.31. The number of hydrogen-bond donors (Lipinski definition) is 1. The summed E-state index contributed by atoms with van der Waals surface area (Å²) in [4.78, 5) is 0. The number of nitrogens with one attached hydrogen (secondary N) is 1. The molecule has 2 aliphatic rings. The Labute approximate surface area is 115 Å². The second kappa shape index (κ2) is 5.83. The van der Waals surface area contributed by atoms with Crippen molar-refractivity contribution in [2.24, 2.45) is 0 Å². The minimum Gasteiger partial charge on any atom is -0.494 e. The first-order valence-electron chi connectivity index (χ1n) is 7.49. The number of fused-ring (bicyclic) bond motifs is 2. The van der Waals surface area contributed by atoms with E-state index in [0.717, 1.165) is 37.4 Å². The molecule has 2 aliphatic heterocycles. The van der Waals surface area contributed by atoms with Crippen LogP contribution in [-0.2, 0) is 0 Å². The first kappa shape index (κ1) is 12.8. The molecule has 0 aromatic heterocycles. The van der Waals surface area contributed by atoms with Crippen LogP contribution in [0, 0.1) is 0 Å². The Kier molecular flexibility index (Phi) is 3.92. The van der Waals surface area contributed by atoms with E-state index in [1.165, 1.54) is 12.8 Å². The second-order valence-corrected chi connectivity index (χ2v) is 5.67. The van der Waals surface area contributed by atoms with Gasteiger partial charge in [0, 0.05) is 12.1 Å². The van der Waals surface area contributed by atoms with Crippen LogP contribution in [0.1, 0.15) is 39.0 Å². The number of ether oxygens (including phenoxy) is 2. The van der Waals surface area contributed by atoms with Gasteiger partial charge >= 0.3 is 0 Å². The van der Waals surface area contributed by atoms with E-state index in [4.69, 9.17) is 9.47 Å². The largest absolute Gasteiger partial charge is 0.494 e. The maximum Gasteiger partial charge on any atom is 0.119 e. The standard InChI is InChI=1S/C16H23NO2/c1-2-9-18-14-5-7-15(8-6-14)19-16-10-12-3-4-13(11-16)17-12/h5-8,12-13,16-17H,2-4,9-11H2,1H3/t12-,13+,16?.